The van der Waals surface area contributed by atoms with E-state index in [1.807, 2.05) is 6.08 Å². The predicted molar refractivity (Wildman–Crippen MR) is 94.1 cm³/mol. The first-order valence-electron chi connectivity index (χ1n) is 8.06. The highest BCUT2D eigenvalue weighted by atomic mass is 35.5. The van der Waals surface area contributed by atoms with Crippen LogP contribution in [0.5, 0.6) is 11.5 Å². The predicted octanol–water partition coefficient (Wildman–Crippen LogP) is 2.95. The molecule has 0 saturated carbocycles. The molecule has 2 heterocycles. The maximum absolute atomic E-state index is 12.6. The number of fused-ring (bicyclic) bond motifs is 2. The SMILES string of the molecule is C[C@@H]1C[C@@H]2O[C@H]2/C=C/C=C/C(=NO)Cc2c(Cl)c(O)cc(O)c2C(=O)O1. The lowest BCUT2D eigenvalue weighted by Gasteiger charge is -2.17. The Bertz CT molecular complexity index is 816. The van der Waals surface area contributed by atoms with Gasteiger partial charge in [-0.2, -0.15) is 0 Å². The average molecular weight is 380 g/mol. The number of nitrogens with zero attached hydrogens (tertiary/aromatic N) is 1. The summed E-state index contributed by atoms with van der Waals surface area (Å²) in [7, 11) is 0. The monoisotopic (exact) mass is 379 g/mol. The standard InChI is InChI=1S/C18H18ClNO6/c1-9-6-15-14(26-15)5-3-2-4-10(20-24)7-11-16(18(23)25-9)12(21)8-13(22)17(11)19/h2-5,8-9,14-15,21-22,24H,6-7H2,1H3/b4-2+,5-3+,20-10?/t9-,14+,15+/m1/s1. The quantitative estimate of drug-likeness (QED) is 0.276. The summed E-state index contributed by atoms with van der Waals surface area (Å²) in [5, 5.41) is 32.3. The Morgan fingerprint density at radius 1 is 1.27 bits per heavy atom. The molecule has 3 rings (SSSR count). The molecule has 0 amide bonds. The van der Waals surface area contributed by atoms with Gasteiger partial charge in [-0.25, -0.2) is 4.79 Å². The number of epoxide rings is 1. The number of oxime groups is 1. The molecule has 1 aromatic rings. The molecule has 7 nitrogen and oxygen atoms in total. The largest absolute Gasteiger partial charge is 0.507 e. The van der Waals surface area contributed by atoms with Crippen LogP contribution in [0.4, 0.5) is 0 Å². The number of hydrogen-bond donors (Lipinski definition) is 3. The van der Waals surface area contributed by atoms with Crippen LogP contribution in [0.3, 0.4) is 0 Å². The van der Waals surface area contributed by atoms with E-state index in [1.54, 1.807) is 19.1 Å². The van der Waals surface area contributed by atoms with Gasteiger partial charge in [0.05, 0.1) is 16.8 Å². The summed E-state index contributed by atoms with van der Waals surface area (Å²) in [5.74, 6) is -1.63. The maximum Gasteiger partial charge on any atom is 0.342 e. The summed E-state index contributed by atoms with van der Waals surface area (Å²) in [6.07, 6.45) is 6.68. The fourth-order valence-electron chi connectivity index (χ4n) is 2.86. The van der Waals surface area contributed by atoms with E-state index in [-0.39, 0.29) is 46.2 Å². The molecule has 1 aromatic carbocycles. The molecule has 138 valence electrons. The van der Waals surface area contributed by atoms with Crippen molar-refractivity contribution in [2.24, 2.45) is 5.16 Å². The van der Waals surface area contributed by atoms with E-state index in [0.29, 0.717) is 6.42 Å². The molecule has 0 spiro atoms. The van der Waals surface area contributed by atoms with E-state index >= 15 is 0 Å². The van der Waals surface area contributed by atoms with Crippen LogP contribution in [0.15, 0.2) is 35.5 Å². The van der Waals surface area contributed by atoms with Crippen LogP contribution < -0.4 is 0 Å². The van der Waals surface area contributed by atoms with Gasteiger partial charge in [-0.05, 0) is 18.6 Å². The summed E-state index contributed by atoms with van der Waals surface area (Å²) >= 11 is 6.12. The van der Waals surface area contributed by atoms with Gasteiger partial charge in [0.15, 0.2) is 0 Å². The first kappa shape index (κ1) is 18.3. The van der Waals surface area contributed by atoms with Crippen LogP contribution in [-0.2, 0) is 15.9 Å². The van der Waals surface area contributed by atoms with Gasteiger partial charge in [-0.3, -0.25) is 0 Å². The van der Waals surface area contributed by atoms with Crippen LogP contribution in [0.25, 0.3) is 0 Å². The molecule has 2 aliphatic rings. The van der Waals surface area contributed by atoms with Crippen molar-refractivity contribution in [2.45, 2.75) is 38.1 Å². The molecule has 0 bridgehead atoms. The molecule has 1 saturated heterocycles. The number of phenols is 2. The number of benzene rings is 1. The smallest absolute Gasteiger partial charge is 0.342 e. The van der Waals surface area contributed by atoms with Crippen molar-refractivity contribution in [1.29, 1.82) is 0 Å². The number of allylic oxidation sites excluding steroid dienone is 3. The second-order valence-electron chi connectivity index (χ2n) is 6.19. The zero-order valence-corrected chi connectivity index (χ0v) is 14.7. The van der Waals surface area contributed by atoms with Gasteiger partial charge >= 0.3 is 5.97 Å². The van der Waals surface area contributed by atoms with Gasteiger partial charge in [0, 0.05) is 18.9 Å². The van der Waals surface area contributed by atoms with E-state index in [2.05, 4.69) is 5.16 Å². The number of halogens is 1. The van der Waals surface area contributed by atoms with Crippen molar-refractivity contribution in [3.05, 3.63) is 46.5 Å². The van der Waals surface area contributed by atoms with Crippen molar-refractivity contribution >= 4 is 23.3 Å². The number of phenolic OH excluding ortho intramolecular Hbond substituents is 2. The Labute approximate surface area is 154 Å². The lowest BCUT2D eigenvalue weighted by molar-refractivity contribution is 0.0306. The molecule has 0 aliphatic carbocycles. The zero-order valence-electron chi connectivity index (χ0n) is 13.9. The number of ether oxygens (including phenoxy) is 2. The highest BCUT2D eigenvalue weighted by Gasteiger charge is 2.38. The summed E-state index contributed by atoms with van der Waals surface area (Å²) in [6.45, 7) is 1.73. The van der Waals surface area contributed by atoms with Crippen molar-refractivity contribution < 1.29 is 29.7 Å². The van der Waals surface area contributed by atoms with E-state index < -0.39 is 17.8 Å². The van der Waals surface area contributed by atoms with Crippen LogP contribution >= 0.6 is 11.6 Å². The summed E-state index contributed by atoms with van der Waals surface area (Å²) in [5.41, 5.74) is 0.115. The molecule has 2 aliphatic heterocycles. The Kier molecular flexibility index (Phi) is 5.20. The molecule has 3 atom stereocenters. The van der Waals surface area contributed by atoms with E-state index in [0.717, 1.165) is 6.07 Å². The number of cyclic esters (lactones) is 1. The highest BCUT2D eigenvalue weighted by molar-refractivity contribution is 6.33. The molecule has 1 fully saturated rings. The third-order valence-electron chi connectivity index (χ3n) is 4.21. The normalized spacial score (nSPS) is 29.8. The third-order valence-corrected chi connectivity index (χ3v) is 4.63. The molecule has 0 unspecified atom stereocenters. The molecular formula is C18H18ClNO6. The van der Waals surface area contributed by atoms with E-state index in [4.69, 9.17) is 21.1 Å². The second-order valence-corrected chi connectivity index (χ2v) is 6.56. The van der Waals surface area contributed by atoms with Gasteiger partial charge in [0.2, 0.25) is 0 Å². The maximum atomic E-state index is 12.6. The number of esters is 1. The number of aromatic hydroxyl groups is 2. The van der Waals surface area contributed by atoms with Gasteiger partial charge in [0.25, 0.3) is 0 Å². The number of hydrogen-bond acceptors (Lipinski definition) is 7. The van der Waals surface area contributed by atoms with Crippen LogP contribution in [0, 0.1) is 0 Å². The van der Waals surface area contributed by atoms with Gasteiger partial charge in [-0.15, -0.1) is 0 Å². The number of rotatable bonds is 0. The van der Waals surface area contributed by atoms with Gasteiger partial charge < -0.3 is 24.9 Å². The van der Waals surface area contributed by atoms with Crippen molar-refractivity contribution in [2.75, 3.05) is 0 Å². The Morgan fingerprint density at radius 2 is 2.04 bits per heavy atom. The van der Waals surface area contributed by atoms with Gasteiger partial charge in [0.1, 0.15) is 29.3 Å². The minimum atomic E-state index is -0.780. The third kappa shape index (κ3) is 3.84. The zero-order chi connectivity index (χ0) is 18.8. The van der Waals surface area contributed by atoms with Crippen molar-refractivity contribution in [3.63, 3.8) is 0 Å². The molecule has 3 N–H and O–H groups in total. The average Bonchev–Trinajstić information content (AvgIpc) is 3.31. The van der Waals surface area contributed by atoms with Crippen LogP contribution in [-0.4, -0.2) is 45.4 Å². The Morgan fingerprint density at radius 3 is 2.77 bits per heavy atom. The molecule has 0 aromatic heterocycles. The first-order valence-corrected chi connectivity index (χ1v) is 8.44. The van der Waals surface area contributed by atoms with E-state index in [1.165, 1.54) is 6.08 Å². The number of carbonyl (C=O) groups is 1. The minimum Gasteiger partial charge on any atom is -0.507 e. The Balaban J connectivity index is 2.05. The lowest BCUT2D eigenvalue weighted by atomic mass is 9.99. The van der Waals surface area contributed by atoms with Gasteiger partial charge in [-0.1, -0.05) is 35.0 Å². The summed E-state index contributed by atoms with van der Waals surface area (Å²) < 4.78 is 10.9. The highest BCUT2D eigenvalue weighted by Crippen LogP contribution is 2.37. The van der Waals surface area contributed by atoms with Crippen LogP contribution in [0.2, 0.25) is 5.02 Å². The lowest BCUT2D eigenvalue weighted by Crippen LogP contribution is -2.19. The second kappa shape index (κ2) is 7.39. The molecule has 8 heteroatoms. The fraction of sp³-hybridized carbons (Fsp3) is 0.333. The summed E-state index contributed by atoms with van der Waals surface area (Å²) in [4.78, 5) is 12.6. The number of carbonyl (C=O) groups excluding carboxylic acids is 1. The fourth-order valence-corrected chi connectivity index (χ4v) is 3.07. The van der Waals surface area contributed by atoms with Crippen LogP contribution in [0.1, 0.15) is 29.3 Å². The minimum absolute atomic E-state index is 0.0483. The van der Waals surface area contributed by atoms with Crippen molar-refractivity contribution in [1.82, 2.24) is 0 Å². The molecule has 0 radical (unpaired) electrons. The van der Waals surface area contributed by atoms with Crippen molar-refractivity contribution in [3.8, 4) is 11.5 Å². The summed E-state index contributed by atoms with van der Waals surface area (Å²) in [6, 6.07) is 0.977. The Hall–Kier alpha value is -2.51. The first-order chi connectivity index (χ1) is 12.4. The molecular weight excluding hydrogens is 362 g/mol. The topological polar surface area (TPSA) is 112 Å². The molecule has 26 heavy (non-hydrogen) atoms. The van der Waals surface area contributed by atoms with E-state index in [9.17, 15) is 20.2 Å².